The van der Waals surface area contributed by atoms with E-state index in [2.05, 4.69) is 10.6 Å². The van der Waals surface area contributed by atoms with E-state index in [1.807, 2.05) is 51.1 Å². The van der Waals surface area contributed by atoms with Gasteiger partial charge in [-0.05, 0) is 68.9 Å². The first-order valence-electron chi connectivity index (χ1n) is 13.2. The number of unbranched alkanes of at least 4 members (excludes halogenated alkanes) is 1. The molecule has 8 nitrogen and oxygen atoms in total. The number of carbonyl (C=O) groups is 3. The molecule has 2 atom stereocenters. The van der Waals surface area contributed by atoms with Crippen LogP contribution in [0.3, 0.4) is 0 Å². The molecule has 2 unspecified atom stereocenters. The second kappa shape index (κ2) is 13.8. The molecule has 2 rings (SSSR count). The van der Waals surface area contributed by atoms with E-state index in [1.54, 1.807) is 39.8 Å². The SMILES string of the molecule is CCCCN(C(=O)C(NC(=O)OC(C)(C)C)C(C)C)C(C(=O)NCc1ccccc1)c1ccc(O)c(C)c1. The molecular weight excluding hydrogens is 482 g/mol. The first-order valence-corrected chi connectivity index (χ1v) is 13.2. The van der Waals surface area contributed by atoms with Crippen LogP contribution in [-0.2, 0) is 20.9 Å². The molecule has 8 heteroatoms. The molecule has 3 amide bonds. The number of aryl methyl sites for hydroxylation is 1. The molecule has 38 heavy (non-hydrogen) atoms. The molecule has 0 aliphatic rings. The van der Waals surface area contributed by atoms with E-state index >= 15 is 0 Å². The van der Waals surface area contributed by atoms with Gasteiger partial charge in [0.2, 0.25) is 11.8 Å². The van der Waals surface area contributed by atoms with Crippen LogP contribution >= 0.6 is 0 Å². The third-order valence-electron chi connectivity index (χ3n) is 6.05. The number of aromatic hydroxyl groups is 1. The van der Waals surface area contributed by atoms with Crippen LogP contribution in [0.25, 0.3) is 0 Å². The maximum absolute atomic E-state index is 14.1. The lowest BCUT2D eigenvalue weighted by atomic mass is 9.97. The van der Waals surface area contributed by atoms with E-state index in [0.717, 1.165) is 12.0 Å². The van der Waals surface area contributed by atoms with Crippen molar-refractivity contribution >= 4 is 17.9 Å². The van der Waals surface area contributed by atoms with E-state index < -0.39 is 23.8 Å². The fraction of sp³-hybridized carbons (Fsp3) is 0.500. The van der Waals surface area contributed by atoms with Crippen molar-refractivity contribution in [1.82, 2.24) is 15.5 Å². The van der Waals surface area contributed by atoms with E-state index in [1.165, 1.54) is 11.0 Å². The summed E-state index contributed by atoms with van der Waals surface area (Å²) in [5.74, 6) is -0.864. The number of phenols is 1. The van der Waals surface area contributed by atoms with Crippen LogP contribution in [0.1, 0.15) is 77.1 Å². The molecule has 0 radical (unpaired) electrons. The lowest BCUT2D eigenvalue weighted by Gasteiger charge is -2.35. The summed E-state index contributed by atoms with van der Waals surface area (Å²) in [6, 6.07) is 12.6. The smallest absolute Gasteiger partial charge is 0.408 e. The minimum absolute atomic E-state index is 0.107. The summed E-state index contributed by atoms with van der Waals surface area (Å²) in [5, 5.41) is 15.8. The highest BCUT2D eigenvalue weighted by atomic mass is 16.6. The maximum Gasteiger partial charge on any atom is 0.408 e. The Balaban J connectivity index is 2.47. The molecule has 208 valence electrons. The predicted molar refractivity (Wildman–Crippen MR) is 148 cm³/mol. The third kappa shape index (κ3) is 9.08. The van der Waals surface area contributed by atoms with Crippen molar-refractivity contribution in [3.8, 4) is 5.75 Å². The van der Waals surface area contributed by atoms with Crippen LogP contribution < -0.4 is 10.6 Å². The second-order valence-electron chi connectivity index (χ2n) is 10.9. The molecule has 0 aliphatic heterocycles. The highest BCUT2D eigenvalue weighted by Gasteiger charge is 2.37. The monoisotopic (exact) mass is 525 g/mol. The number of alkyl carbamates (subject to hydrolysis) is 1. The topological polar surface area (TPSA) is 108 Å². The van der Waals surface area contributed by atoms with Crippen molar-refractivity contribution in [2.75, 3.05) is 6.54 Å². The zero-order chi connectivity index (χ0) is 28.5. The number of carbonyl (C=O) groups excluding carboxylic acids is 3. The Bertz CT molecular complexity index is 1080. The zero-order valence-electron chi connectivity index (χ0n) is 23.7. The molecule has 0 bridgehead atoms. The largest absolute Gasteiger partial charge is 0.508 e. The molecular formula is C30H43N3O5. The molecule has 0 saturated carbocycles. The van der Waals surface area contributed by atoms with Crippen LogP contribution in [0.5, 0.6) is 5.75 Å². The Morgan fingerprint density at radius 2 is 1.71 bits per heavy atom. The minimum atomic E-state index is -0.959. The molecule has 2 aromatic carbocycles. The Morgan fingerprint density at radius 1 is 1.05 bits per heavy atom. The average Bonchev–Trinajstić information content (AvgIpc) is 2.84. The van der Waals surface area contributed by atoms with Gasteiger partial charge in [0.05, 0.1) is 0 Å². The summed E-state index contributed by atoms with van der Waals surface area (Å²) < 4.78 is 5.41. The summed E-state index contributed by atoms with van der Waals surface area (Å²) >= 11 is 0. The highest BCUT2D eigenvalue weighted by molar-refractivity contribution is 5.92. The van der Waals surface area contributed by atoms with E-state index in [-0.39, 0.29) is 23.5 Å². The lowest BCUT2D eigenvalue weighted by Crippen LogP contribution is -2.55. The number of amides is 3. The number of nitrogens with zero attached hydrogens (tertiary/aromatic N) is 1. The van der Waals surface area contributed by atoms with Gasteiger partial charge in [0.15, 0.2) is 0 Å². The molecule has 0 spiro atoms. The number of ether oxygens (including phenoxy) is 1. The average molecular weight is 526 g/mol. The Hall–Kier alpha value is -3.55. The van der Waals surface area contributed by atoms with Crippen molar-refractivity contribution in [3.05, 3.63) is 65.2 Å². The van der Waals surface area contributed by atoms with Gasteiger partial charge in [0, 0.05) is 13.1 Å². The van der Waals surface area contributed by atoms with E-state index in [0.29, 0.717) is 30.6 Å². The lowest BCUT2D eigenvalue weighted by molar-refractivity contribution is -0.143. The molecule has 0 saturated heterocycles. The fourth-order valence-corrected chi connectivity index (χ4v) is 4.03. The van der Waals surface area contributed by atoms with Gasteiger partial charge in [-0.15, -0.1) is 0 Å². The number of nitrogens with one attached hydrogen (secondary N) is 2. The number of hydrogen-bond acceptors (Lipinski definition) is 5. The standard InChI is InChI=1S/C30H43N3O5/c1-8-9-17-33(28(36)25(20(2)3)32-29(37)38-30(5,6)7)26(23-15-16-24(34)21(4)18-23)27(35)31-19-22-13-11-10-12-14-22/h10-16,18,20,25-26,34H,8-9,17,19H2,1-7H3,(H,31,35)(H,32,37). The first-order chi connectivity index (χ1) is 17.8. The van der Waals surface area contributed by atoms with E-state index in [4.69, 9.17) is 4.74 Å². The Kier molecular flexibility index (Phi) is 11.2. The van der Waals surface area contributed by atoms with Crippen LogP contribution in [0.2, 0.25) is 0 Å². The summed E-state index contributed by atoms with van der Waals surface area (Å²) in [7, 11) is 0. The maximum atomic E-state index is 14.1. The number of phenolic OH excluding ortho intramolecular Hbond substituents is 1. The van der Waals surface area contributed by atoms with Gasteiger partial charge in [-0.3, -0.25) is 9.59 Å². The Labute approximate surface area is 226 Å². The highest BCUT2D eigenvalue weighted by Crippen LogP contribution is 2.28. The van der Waals surface area contributed by atoms with Crippen LogP contribution in [-0.4, -0.2) is 46.1 Å². The van der Waals surface area contributed by atoms with Crippen molar-refractivity contribution in [3.63, 3.8) is 0 Å². The minimum Gasteiger partial charge on any atom is -0.508 e. The number of hydrogen-bond donors (Lipinski definition) is 3. The van der Waals surface area contributed by atoms with Gasteiger partial charge in [-0.2, -0.15) is 0 Å². The number of benzene rings is 2. The van der Waals surface area contributed by atoms with Gasteiger partial charge >= 0.3 is 6.09 Å². The second-order valence-corrected chi connectivity index (χ2v) is 10.9. The van der Waals surface area contributed by atoms with Crippen molar-refractivity contribution < 1.29 is 24.2 Å². The molecule has 0 aromatic heterocycles. The van der Waals surface area contributed by atoms with Crippen molar-refractivity contribution in [1.29, 1.82) is 0 Å². The molecule has 0 fully saturated rings. The molecule has 3 N–H and O–H groups in total. The van der Waals surface area contributed by atoms with Crippen LogP contribution in [0.15, 0.2) is 48.5 Å². The van der Waals surface area contributed by atoms with Gasteiger partial charge < -0.3 is 25.4 Å². The van der Waals surface area contributed by atoms with Crippen molar-refractivity contribution in [2.24, 2.45) is 5.92 Å². The molecule has 0 aliphatic carbocycles. The zero-order valence-corrected chi connectivity index (χ0v) is 23.7. The predicted octanol–water partition coefficient (Wildman–Crippen LogP) is 5.24. The number of rotatable bonds is 11. The quantitative estimate of drug-likeness (QED) is 0.372. The summed E-state index contributed by atoms with van der Waals surface area (Å²) in [6.07, 6.45) is 0.788. The van der Waals surface area contributed by atoms with Crippen LogP contribution in [0.4, 0.5) is 4.79 Å². The van der Waals surface area contributed by atoms with Gasteiger partial charge in [0.25, 0.3) is 0 Å². The van der Waals surface area contributed by atoms with Crippen molar-refractivity contribution in [2.45, 2.75) is 85.5 Å². The summed E-state index contributed by atoms with van der Waals surface area (Å²) in [4.78, 5) is 42.0. The molecule has 2 aromatic rings. The summed E-state index contributed by atoms with van der Waals surface area (Å²) in [6.45, 7) is 13.3. The molecule has 0 heterocycles. The first kappa shape index (κ1) is 30.7. The normalized spacial score (nSPS) is 12.9. The van der Waals surface area contributed by atoms with Gasteiger partial charge in [-0.1, -0.05) is 63.6 Å². The van der Waals surface area contributed by atoms with Crippen LogP contribution in [0, 0.1) is 12.8 Å². The fourth-order valence-electron chi connectivity index (χ4n) is 4.03. The van der Waals surface area contributed by atoms with Gasteiger partial charge in [-0.25, -0.2) is 4.79 Å². The summed E-state index contributed by atoms with van der Waals surface area (Å²) in [5.41, 5.74) is 1.38. The van der Waals surface area contributed by atoms with Gasteiger partial charge in [0.1, 0.15) is 23.4 Å². The third-order valence-corrected chi connectivity index (χ3v) is 6.05. The van der Waals surface area contributed by atoms with E-state index in [9.17, 15) is 19.5 Å². The Morgan fingerprint density at radius 3 is 2.26 bits per heavy atom.